The zero-order valence-corrected chi connectivity index (χ0v) is 13.0. The second kappa shape index (κ2) is 16.0. The maximum atomic E-state index is 10.3. The van der Waals surface area contributed by atoms with E-state index >= 15 is 0 Å². The van der Waals surface area contributed by atoms with Crippen molar-refractivity contribution in [1.29, 1.82) is 0 Å². The van der Waals surface area contributed by atoms with Crippen molar-refractivity contribution in [3.63, 3.8) is 0 Å². The summed E-state index contributed by atoms with van der Waals surface area (Å²) >= 11 is 0. The molecule has 0 amide bonds. The first-order valence-corrected chi connectivity index (χ1v) is 8.25. The Labute approximate surface area is 125 Å². The molecule has 2 heteroatoms. The first-order valence-electron chi connectivity index (χ1n) is 8.25. The van der Waals surface area contributed by atoms with Gasteiger partial charge in [-0.15, -0.1) is 6.58 Å². The molecule has 0 rings (SSSR count). The summed E-state index contributed by atoms with van der Waals surface area (Å²) in [5, 5.41) is 8.51. The van der Waals surface area contributed by atoms with Crippen molar-refractivity contribution >= 4 is 5.97 Å². The summed E-state index contributed by atoms with van der Waals surface area (Å²) in [5.74, 6) is -0.663. The average molecular weight is 280 g/mol. The number of unbranched alkanes of at least 4 members (excludes halogenated alkanes) is 10. The molecule has 116 valence electrons. The van der Waals surface area contributed by atoms with Crippen molar-refractivity contribution in [1.82, 2.24) is 0 Å². The highest BCUT2D eigenvalue weighted by molar-refractivity contribution is 5.66. The Morgan fingerprint density at radius 2 is 1.25 bits per heavy atom. The van der Waals surface area contributed by atoms with Gasteiger partial charge in [0.15, 0.2) is 0 Å². The van der Waals surface area contributed by atoms with Gasteiger partial charge in [-0.25, -0.2) is 0 Å². The molecule has 0 aliphatic carbocycles. The molecule has 0 bridgehead atoms. The second-order valence-corrected chi connectivity index (χ2v) is 5.45. The Morgan fingerprint density at radius 1 is 0.750 bits per heavy atom. The minimum absolute atomic E-state index is 0.334. The lowest BCUT2D eigenvalue weighted by atomic mass is 10.1. The summed E-state index contributed by atoms with van der Waals surface area (Å²) in [4.78, 5) is 10.3. The molecule has 0 aromatic heterocycles. The first-order chi connectivity index (χ1) is 9.77. The minimum Gasteiger partial charge on any atom is -0.481 e. The quantitative estimate of drug-likeness (QED) is 0.300. The second-order valence-electron chi connectivity index (χ2n) is 5.45. The number of hydrogen-bond donors (Lipinski definition) is 1. The fourth-order valence-corrected chi connectivity index (χ4v) is 2.23. The zero-order chi connectivity index (χ0) is 14.9. The molecule has 0 radical (unpaired) electrons. The largest absolute Gasteiger partial charge is 0.481 e. The third-order valence-corrected chi connectivity index (χ3v) is 3.47. The zero-order valence-electron chi connectivity index (χ0n) is 13.0. The minimum atomic E-state index is -0.663. The highest BCUT2D eigenvalue weighted by atomic mass is 16.4. The van der Waals surface area contributed by atoms with Crippen LogP contribution in [0.4, 0.5) is 0 Å². The summed E-state index contributed by atoms with van der Waals surface area (Å²) in [7, 11) is 0. The molecule has 0 aliphatic rings. The van der Waals surface area contributed by atoms with E-state index in [1.165, 1.54) is 51.4 Å². The molecule has 0 saturated heterocycles. The number of rotatable bonds is 15. The summed E-state index contributed by atoms with van der Waals surface area (Å²) in [5.41, 5.74) is 0. The Hall–Kier alpha value is -1.05. The van der Waals surface area contributed by atoms with Gasteiger partial charge in [-0.05, 0) is 32.1 Å². The molecular formula is C18H32O2. The SMILES string of the molecule is C=CCCC=CCCCCCCCCCCCC(=O)O. The van der Waals surface area contributed by atoms with E-state index in [0.29, 0.717) is 6.42 Å². The average Bonchev–Trinajstić information content (AvgIpc) is 2.43. The van der Waals surface area contributed by atoms with Gasteiger partial charge in [0.05, 0.1) is 0 Å². The van der Waals surface area contributed by atoms with Crippen LogP contribution in [0, 0.1) is 0 Å². The molecule has 0 spiro atoms. The van der Waals surface area contributed by atoms with Gasteiger partial charge < -0.3 is 5.11 Å². The van der Waals surface area contributed by atoms with Gasteiger partial charge in [-0.1, -0.05) is 63.2 Å². The predicted molar refractivity (Wildman–Crippen MR) is 87.0 cm³/mol. The lowest BCUT2D eigenvalue weighted by Crippen LogP contribution is -1.93. The van der Waals surface area contributed by atoms with E-state index in [0.717, 1.165) is 25.7 Å². The summed E-state index contributed by atoms with van der Waals surface area (Å²) in [6.45, 7) is 3.71. The molecule has 20 heavy (non-hydrogen) atoms. The maximum absolute atomic E-state index is 10.3. The van der Waals surface area contributed by atoms with Gasteiger partial charge in [-0.2, -0.15) is 0 Å². The van der Waals surface area contributed by atoms with E-state index in [1.54, 1.807) is 0 Å². The third-order valence-electron chi connectivity index (χ3n) is 3.47. The van der Waals surface area contributed by atoms with Crippen LogP contribution in [0.2, 0.25) is 0 Å². The molecule has 0 atom stereocenters. The van der Waals surface area contributed by atoms with Crippen LogP contribution in [-0.2, 0) is 4.79 Å². The van der Waals surface area contributed by atoms with E-state index in [1.807, 2.05) is 6.08 Å². The third kappa shape index (κ3) is 16.9. The Balaban J connectivity index is 3.04. The normalized spacial score (nSPS) is 11.0. The Bertz CT molecular complexity index is 256. The summed E-state index contributed by atoms with van der Waals surface area (Å²) in [6, 6.07) is 0. The van der Waals surface area contributed by atoms with E-state index < -0.39 is 5.97 Å². The van der Waals surface area contributed by atoms with Crippen LogP contribution in [0.25, 0.3) is 0 Å². The van der Waals surface area contributed by atoms with E-state index in [-0.39, 0.29) is 0 Å². The molecule has 0 heterocycles. The van der Waals surface area contributed by atoms with Crippen molar-refractivity contribution in [3.05, 3.63) is 24.8 Å². The van der Waals surface area contributed by atoms with Crippen LogP contribution >= 0.6 is 0 Å². The molecule has 0 saturated carbocycles. The van der Waals surface area contributed by atoms with Crippen molar-refractivity contribution in [2.24, 2.45) is 0 Å². The fraction of sp³-hybridized carbons (Fsp3) is 0.722. The van der Waals surface area contributed by atoms with E-state index in [2.05, 4.69) is 18.7 Å². The van der Waals surface area contributed by atoms with Gasteiger partial charge in [0.25, 0.3) is 0 Å². The number of aliphatic carboxylic acids is 1. The first kappa shape index (κ1) is 18.9. The molecule has 0 aliphatic heterocycles. The fourth-order valence-electron chi connectivity index (χ4n) is 2.23. The molecular weight excluding hydrogens is 248 g/mol. The number of carboxylic acid groups (broad SMARTS) is 1. The topological polar surface area (TPSA) is 37.3 Å². The number of carboxylic acids is 1. The van der Waals surface area contributed by atoms with Gasteiger partial charge in [0.2, 0.25) is 0 Å². The van der Waals surface area contributed by atoms with Crippen LogP contribution in [0.5, 0.6) is 0 Å². The van der Waals surface area contributed by atoms with Crippen molar-refractivity contribution in [2.45, 2.75) is 83.5 Å². The van der Waals surface area contributed by atoms with Crippen LogP contribution < -0.4 is 0 Å². The Morgan fingerprint density at radius 3 is 1.80 bits per heavy atom. The lowest BCUT2D eigenvalue weighted by molar-refractivity contribution is -0.137. The standard InChI is InChI=1S/C18H32O2/c1-2-3-4-5-6-7-8-9-10-11-12-13-14-15-16-17-18(19)20/h2,5-6H,1,3-4,7-17H2,(H,19,20). The molecule has 1 N–H and O–H groups in total. The predicted octanol–water partition coefficient (Wildman–Crippen LogP) is 5.88. The van der Waals surface area contributed by atoms with Gasteiger partial charge in [0.1, 0.15) is 0 Å². The molecule has 2 nitrogen and oxygen atoms in total. The maximum Gasteiger partial charge on any atom is 0.303 e. The number of hydrogen-bond acceptors (Lipinski definition) is 1. The highest BCUT2D eigenvalue weighted by Gasteiger charge is 1.96. The number of carbonyl (C=O) groups is 1. The van der Waals surface area contributed by atoms with Crippen molar-refractivity contribution < 1.29 is 9.90 Å². The molecule has 0 aromatic rings. The monoisotopic (exact) mass is 280 g/mol. The highest BCUT2D eigenvalue weighted by Crippen LogP contribution is 2.11. The van der Waals surface area contributed by atoms with Crippen LogP contribution in [0.15, 0.2) is 24.8 Å². The lowest BCUT2D eigenvalue weighted by Gasteiger charge is -2.01. The number of allylic oxidation sites excluding steroid dienone is 3. The molecule has 0 unspecified atom stereocenters. The Kier molecular flexibility index (Phi) is 15.2. The van der Waals surface area contributed by atoms with Gasteiger partial charge in [-0.3, -0.25) is 4.79 Å². The van der Waals surface area contributed by atoms with E-state index in [9.17, 15) is 4.79 Å². The summed E-state index contributed by atoms with van der Waals surface area (Å²) in [6.07, 6.45) is 21.3. The molecule has 0 aromatic carbocycles. The van der Waals surface area contributed by atoms with Crippen molar-refractivity contribution in [3.8, 4) is 0 Å². The van der Waals surface area contributed by atoms with Crippen LogP contribution in [0.1, 0.15) is 83.5 Å². The summed E-state index contributed by atoms with van der Waals surface area (Å²) < 4.78 is 0. The van der Waals surface area contributed by atoms with Crippen LogP contribution in [-0.4, -0.2) is 11.1 Å². The van der Waals surface area contributed by atoms with Crippen LogP contribution in [0.3, 0.4) is 0 Å². The van der Waals surface area contributed by atoms with E-state index in [4.69, 9.17) is 5.11 Å². The van der Waals surface area contributed by atoms with Gasteiger partial charge in [0, 0.05) is 6.42 Å². The van der Waals surface area contributed by atoms with Gasteiger partial charge >= 0.3 is 5.97 Å². The smallest absolute Gasteiger partial charge is 0.303 e. The van der Waals surface area contributed by atoms with Crippen molar-refractivity contribution in [2.75, 3.05) is 0 Å². The molecule has 0 fully saturated rings.